The van der Waals surface area contributed by atoms with Crippen LogP contribution in [0, 0.1) is 12.8 Å². The van der Waals surface area contributed by atoms with Crippen LogP contribution in [0.2, 0.25) is 0 Å². The minimum Gasteiger partial charge on any atom is -0.475 e. The van der Waals surface area contributed by atoms with Gasteiger partial charge in [0.2, 0.25) is 5.76 Å². The molecule has 24 heavy (non-hydrogen) atoms. The van der Waals surface area contributed by atoms with Crippen LogP contribution in [-0.2, 0) is 5.54 Å². The smallest absolute Gasteiger partial charge is 0.372 e. The molecule has 0 spiro atoms. The van der Waals surface area contributed by atoms with E-state index in [0.29, 0.717) is 18.0 Å². The van der Waals surface area contributed by atoms with Gasteiger partial charge in [0.15, 0.2) is 5.76 Å². The second kappa shape index (κ2) is 5.19. The van der Waals surface area contributed by atoms with Crippen LogP contribution in [0.3, 0.4) is 0 Å². The number of pyridine rings is 1. The molecule has 6 heteroatoms. The second-order valence-corrected chi connectivity index (χ2v) is 6.57. The van der Waals surface area contributed by atoms with E-state index >= 15 is 0 Å². The highest BCUT2D eigenvalue weighted by atomic mass is 16.4. The van der Waals surface area contributed by atoms with E-state index in [1.165, 1.54) is 6.07 Å². The van der Waals surface area contributed by atoms with E-state index in [0.717, 1.165) is 24.8 Å². The standard InChI is InChI=1S/C18H18N2O4/c1-11-9-14(24-15(11)17(22)23)16(21)20-8-5-12-4-6-18(12,20)13-3-2-7-19-10-13/h2-3,7,9-10,12H,4-6,8H2,1H3,(H,22,23)/t12-,18-/m0/s1. The third-order valence-electron chi connectivity index (χ3n) is 5.46. The summed E-state index contributed by atoms with van der Waals surface area (Å²) in [6.45, 7) is 2.29. The van der Waals surface area contributed by atoms with Gasteiger partial charge in [0, 0.05) is 24.5 Å². The number of hydrogen-bond donors (Lipinski definition) is 1. The van der Waals surface area contributed by atoms with Gasteiger partial charge in [0.05, 0.1) is 5.54 Å². The summed E-state index contributed by atoms with van der Waals surface area (Å²) in [5, 5.41) is 9.13. The van der Waals surface area contributed by atoms with Crippen LogP contribution >= 0.6 is 0 Å². The van der Waals surface area contributed by atoms with E-state index in [9.17, 15) is 9.59 Å². The molecule has 4 rings (SSSR count). The zero-order valence-corrected chi connectivity index (χ0v) is 13.4. The molecule has 0 unspecified atom stereocenters. The molecular weight excluding hydrogens is 308 g/mol. The number of fused-ring (bicyclic) bond motifs is 1. The highest BCUT2D eigenvalue weighted by molar-refractivity contribution is 5.95. The van der Waals surface area contributed by atoms with Gasteiger partial charge in [0.25, 0.3) is 5.91 Å². The van der Waals surface area contributed by atoms with Gasteiger partial charge in [-0.05, 0) is 49.8 Å². The Kier molecular flexibility index (Phi) is 3.23. The van der Waals surface area contributed by atoms with Gasteiger partial charge in [-0.25, -0.2) is 4.79 Å². The molecule has 1 saturated carbocycles. The number of amides is 1. The monoisotopic (exact) mass is 326 g/mol. The van der Waals surface area contributed by atoms with Crippen LogP contribution in [0.15, 0.2) is 35.0 Å². The number of aromatic nitrogens is 1. The summed E-state index contributed by atoms with van der Waals surface area (Å²) in [4.78, 5) is 30.2. The average Bonchev–Trinajstić information content (AvgIpc) is 3.06. The van der Waals surface area contributed by atoms with Gasteiger partial charge in [0.1, 0.15) is 0 Å². The Bertz CT molecular complexity index is 814. The first kappa shape index (κ1) is 14.9. The predicted molar refractivity (Wildman–Crippen MR) is 84.7 cm³/mol. The van der Waals surface area contributed by atoms with Crippen molar-refractivity contribution in [1.82, 2.24) is 9.88 Å². The fourth-order valence-electron chi connectivity index (χ4n) is 4.22. The number of carboxylic acid groups (broad SMARTS) is 1. The van der Waals surface area contributed by atoms with E-state index in [-0.39, 0.29) is 23.0 Å². The van der Waals surface area contributed by atoms with Crippen molar-refractivity contribution in [3.63, 3.8) is 0 Å². The number of carbonyl (C=O) groups is 2. The van der Waals surface area contributed by atoms with Crippen LogP contribution in [0.1, 0.15) is 51.5 Å². The van der Waals surface area contributed by atoms with Crippen molar-refractivity contribution in [3.8, 4) is 0 Å². The Morgan fingerprint density at radius 2 is 2.25 bits per heavy atom. The van der Waals surface area contributed by atoms with Gasteiger partial charge in [-0.2, -0.15) is 0 Å². The summed E-state index contributed by atoms with van der Waals surface area (Å²) in [5.41, 5.74) is 1.19. The third kappa shape index (κ3) is 1.92. The van der Waals surface area contributed by atoms with Crippen molar-refractivity contribution >= 4 is 11.9 Å². The molecule has 3 heterocycles. The largest absolute Gasteiger partial charge is 0.475 e. The van der Waals surface area contributed by atoms with E-state index < -0.39 is 5.97 Å². The van der Waals surface area contributed by atoms with Crippen LogP contribution in [0.4, 0.5) is 0 Å². The number of rotatable bonds is 3. The molecular formula is C18H18N2O4. The maximum Gasteiger partial charge on any atom is 0.372 e. The maximum atomic E-state index is 13.0. The van der Waals surface area contributed by atoms with E-state index in [1.54, 1.807) is 13.1 Å². The fraction of sp³-hybridized carbons (Fsp3) is 0.389. The van der Waals surface area contributed by atoms with E-state index in [2.05, 4.69) is 4.98 Å². The highest BCUT2D eigenvalue weighted by Gasteiger charge is 2.58. The molecule has 0 aromatic carbocycles. The molecule has 6 nitrogen and oxygen atoms in total. The predicted octanol–water partition coefficient (Wildman–Crippen LogP) is 2.83. The summed E-state index contributed by atoms with van der Waals surface area (Å²) in [6.07, 6.45) is 6.50. The number of carboxylic acids is 1. The number of hydrogen-bond acceptors (Lipinski definition) is 4. The van der Waals surface area contributed by atoms with Crippen molar-refractivity contribution in [3.05, 3.63) is 53.2 Å². The van der Waals surface area contributed by atoms with Gasteiger partial charge < -0.3 is 14.4 Å². The Hall–Kier alpha value is -2.63. The normalized spacial score (nSPS) is 25.2. The lowest BCUT2D eigenvalue weighted by atomic mass is 9.64. The number of nitrogens with zero attached hydrogens (tertiary/aromatic N) is 2. The van der Waals surface area contributed by atoms with Gasteiger partial charge in [-0.3, -0.25) is 9.78 Å². The average molecular weight is 326 g/mol. The molecule has 1 N–H and O–H groups in total. The van der Waals surface area contributed by atoms with Crippen molar-refractivity contribution in [1.29, 1.82) is 0 Å². The molecule has 1 aliphatic carbocycles. The maximum absolute atomic E-state index is 13.0. The summed E-state index contributed by atoms with van der Waals surface area (Å²) in [5.74, 6) is -1.03. The number of furan rings is 1. The van der Waals surface area contributed by atoms with Gasteiger partial charge in [-0.15, -0.1) is 0 Å². The lowest BCUT2D eigenvalue weighted by Gasteiger charge is -2.50. The first-order valence-corrected chi connectivity index (χ1v) is 8.10. The number of likely N-dealkylation sites (tertiary alicyclic amines) is 1. The Morgan fingerprint density at radius 3 is 2.83 bits per heavy atom. The summed E-state index contributed by atoms with van der Waals surface area (Å²) < 4.78 is 5.33. The molecule has 0 radical (unpaired) electrons. The SMILES string of the molecule is Cc1cc(C(=O)N2CC[C@@H]3CC[C@@]32c2cccnc2)oc1C(=O)O. The van der Waals surface area contributed by atoms with Crippen molar-refractivity contribution in [2.24, 2.45) is 5.92 Å². The minimum absolute atomic E-state index is 0.0979. The van der Waals surface area contributed by atoms with Crippen molar-refractivity contribution < 1.29 is 19.1 Å². The molecule has 1 aliphatic heterocycles. The molecule has 1 amide bonds. The lowest BCUT2D eigenvalue weighted by Crippen LogP contribution is -2.53. The first-order chi connectivity index (χ1) is 11.5. The minimum atomic E-state index is -1.16. The number of aromatic carboxylic acids is 1. The van der Waals surface area contributed by atoms with Crippen molar-refractivity contribution in [2.75, 3.05) is 6.54 Å². The van der Waals surface area contributed by atoms with Crippen molar-refractivity contribution in [2.45, 2.75) is 31.7 Å². The Morgan fingerprint density at radius 1 is 1.42 bits per heavy atom. The first-order valence-electron chi connectivity index (χ1n) is 8.10. The topological polar surface area (TPSA) is 83.6 Å². The lowest BCUT2D eigenvalue weighted by molar-refractivity contribution is 0.0119. The molecule has 124 valence electrons. The van der Waals surface area contributed by atoms with E-state index in [1.807, 2.05) is 23.2 Å². The number of aryl methyl sites for hydroxylation is 1. The molecule has 2 fully saturated rings. The summed E-state index contributed by atoms with van der Waals surface area (Å²) >= 11 is 0. The number of carbonyl (C=O) groups excluding carboxylic acids is 1. The quantitative estimate of drug-likeness (QED) is 0.937. The van der Waals surface area contributed by atoms with Gasteiger partial charge in [-0.1, -0.05) is 6.07 Å². The molecule has 1 saturated heterocycles. The molecule has 0 bridgehead atoms. The Labute approximate surface area is 139 Å². The highest BCUT2D eigenvalue weighted by Crippen LogP contribution is 2.57. The molecule has 2 aliphatic rings. The van der Waals surface area contributed by atoms with Crippen LogP contribution in [0.25, 0.3) is 0 Å². The zero-order chi connectivity index (χ0) is 16.9. The molecule has 2 aromatic rings. The van der Waals surface area contributed by atoms with Gasteiger partial charge >= 0.3 is 5.97 Å². The zero-order valence-electron chi connectivity index (χ0n) is 13.4. The van der Waals surface area contributed by atoms with Crippen LogP contribution in [0.5, 0.6) is 0 Å². The molecule has 2 aromatic heterocycles. The van der Waals surface area contributed by atoms with Crippen LogP contribution < -0.4 is 0 Å². The summed E-state index contributed by atoms with van der Waals surface area (Å²) in [6, 6.07) is 5.43. The van der Waals surface area contributed by atoms with Crippen LogP contribution in [-0.4, -0.2) is 33.4 Å². The summed E-state index contributed by atoms with van der Waals surface area (Å²) in [7, 11) is 0. The van der Waals surface area contributed by atoms with E-state index in [4.69, 9.17) is 9.52 Å². The molecule has 2 atom stereocenters. The Balaban J connectivity index is 1.72. The third-order valence-corrected chi connectivity index (χ3v) is 5.46. The second-order valence-electron chi connectivity index (χ2n) is 6.57. The fourth-order valence-corrected chi connectivity index (χ4v) is 4.22.